The highest BCUT2D eigenvalue weighted by Crippen LogP contribution is 2.64. The fraction of sp³-hybridized carbons (Fsp3) is 0.433. The monoisotopic (exact) mass is 1670 g/mol. The van der Waals surface area contributed by atoms with Crippen LogP contribution >= 0.6 is 0 Å². The van der Waals surface area contributed by atoms with Crippen LogP contribution in [0.15, 0.2) is 218 Å². The maximum absolute atomic E-state index is 2.71. The van der Waals surface area contributed by atoms with E-state index in [0.29, 0.717) is 47.3 Å². The van der Waals surface area contributed by atoms with E-state index >= 15 is 0 Å². The van der Waals surface area contributed by atoms with Gasteiger partial charge in [0.25, 0.3) is 0 Å². The van der Waals surface area contributed by atoms with E-state index in [1.54, 1.807) is 22.3 Å². The van der Waals surface area contributed by atoms with Gasteiger partial charge in [0.1, 0.15) is 0 Å². The standard InChI is InChI=1S/C127H148/c1-77(2)49-57-124(58-50-78(3)4)113-65-85(17)25-37-101(113)102-42-30-90(70-114(102)124)86-26-38-97-98-39-27-87(67-110(98)122(21,22)109(97)66-86)91-31-43-103-105-45-34-94(74-117(105)125(115(103)71-91,59-51-79(5)6)60-52-80(7)8)95-35-46-106-104-44-32-92(72-116(104)126(118(106)75-95,61-53-81(9)10)62-54-82(11)12)88-28-40-99-100-41-29-89(69-112(100)123(23,24)111(99)68-88)93-33-47-107-108-48-36-96(121(18,19)20)76-120(108)127(119(107)73-93,63-55-83(13)14)64-56-84(15)16/h25-48,65-84H,49-64H2,1-24H3. The molecule has 0 atom stereocenters. The molecule has 12 aromatic rings. The minimum absolute atomic E-state index is 0.00904. The molecule has 12 aromatic carbocycles. The Hall–Kier alpha value is -9.36. The number of fused-ring (bicyclic) bond motifs is 18. The predicted molar refractivity (Wildman–Crippen MR) is 550 cm³/mol. The average molecular weight is 1670 g/mol. The summed E-state index contributed by atoms with van der Waals surface area (Å²) >= 11 is 0. The molecule has 0 nitrogen and oxygen atoms in total. The Labute approximate surface area is 767 Å². The van der Waals surface area contributed by atoms with Gasteiger partial charge in [0.05, 0.1) is 0 Å². The second-order valence-corrected chi connectivity index (χ2v) is 46.7. The molecule has 0 saturated heterocycles. The Kier molecular flexibility index (Phi) is 23.1. The predicted octanol–water partition coefficient (Wildman–Crippen LogP) is 36.8. The lowest BCUT2D eigenvalue weighted by molar-refractivity contribution is 0.363. The van der Waals surface area contributed by atoms with Crippen LogP contribution < -0.4 is 0 Å². The zero-order valence-electron chi connectivity index (χ0n) is 82.2. The molecule has 6 aliphatic rings. The van der Waals surface area contributed by atoms with Crippen molar-refractivity contribution >= 4 is 0 Å². The second-order valence-electron chi connectivity index (χ2n) is 46.7. The lowest BCUT2D eigenvalue weighted by atomic mass is 9.68. The van der Waals surface area contributed by atoms with Gasteiger partial charge in [-0.25, -0.2) is 0 Å². The molecule has 0 heteroatoms. The van der Waals surface area contributed by atoms with E-state index in [1.807, 2.05) is 0 Å². The molecule has 0 N–H and O–H groups in total. The Bertz CT molecular complexity index is 6100. The van der Waals surface area contributed by atoms with Crippen molar-refractivity contribution in [2.24, 2.45) is 47.3 Å². The van der Waals surface area contributed by atoms with Crippen LogP contribution in [-0.4, -0.2) is 0 Å². The molecule has 0 saturated carbocycles. The van der Waals surface area contributed by atoms with Gasteiger partial charge in [-0.3, -0.25) is 0 Å². The molecular formula is C127H148. The molecule has 0 amide bonds. The summed E-state index contributed by atoms with van der Waals surface area (Å²) in [5.41, 5.74) is 50.6. The molecule has 0 unspecified atom stereocenters. The number of hydrogen-bond acceptors (Lipinski definition) is 0. The van der Waals surface area contributed by atoms with Crippen LogP contribution in [0.4, 0.5) is 0 Å². The molecule has 0 spiro atoms. The van der Waals surface area contributed by atoms with Gasteiger partial charge in [-0.1, -0.05) is 323 Å². The van der Waals surface area contributed by atoms with Gasteiger partial charge in [0.2, 0.25) is 0 Å². The largest absolute Gasteiger partial charge is 0.0628 e. The van der Waals surface area contributed by atoms with Crippen molar-refractivity contribution in [3.8, 4) is 122 Å². The van der Waals surface area contributed by atoms with Gasteiger partial charge in [-0.15, -0.1) is 0 Å². The van der Waals surface area contributed by atoms with Crippen LogP contribution in [0, 0.1) is 54.3 Å². The van der Waals surface area contributed by atoms with E-state index in [4.69, 9.17) is 0 Å². The summed E-state index contributed by atoms with van der Waals surface area (Å²) in [4.78, 5) is 0. The Morgan fingerprint density at radius 3 is 0.520 bits per heavy atom. The quantitative estimate of drug-likeness (QED) is 0.0438. The van der Waals surface area contributed by atoms with Crippen molar-refractivity contribution in [3.63, 3.8) is 0 Å². The summed E-state index contributed by atoms with van der Waals surface area (Å²) < 4.78 is 0. The fourth-order valence-corrected chi connectivity index (χ4v) is 24.8. The smallest absolute Gasteiger partial charge is 0.0215 e. The van der Waals surface area contributed by atoms with E-state index < -0.39 is 0 Å². The highest BCUT2D eigenvalue weighted by atomic mass is 14.5. The summed E-state index contributed by atoms with van der Waals surface area (Å²) in [6, 6.07) is 90.9. The molecule has 0 radical (unpaired) electrons. The summed E-state index contributed by atoms with van der Waals surface area (Å²) in [5.74, 6) is 4.86. The summed E-state index contributed by atoms with van der Waals surface area (Å²) in [5, 5.41) is 0. The SMILES string of the molecule is Cc1ccc2c(c1)C(CCC(C)C)(CCC(C)C)c1cc(-c3ccc4c(c3)C(C)(C)c3cc(-c5ccc6c(c5)C(CCC(C)C)(CCC(C)C)c5cc(-c7ccc8c(c7)C(CCC(C)C)(CCC(C)C)c7cc(-c9ccc%10c(c9)C(C)(C)c9cc(-c%11ccc%12c(c%11)C(CCC(C)C)(CCC(C)C)c%11cc(C(C)(C)C)ccc%11-%12)ccc9-%10)ccc7-8)ccc5-6)ccc3-4)ccc1-2. The van der Waals surface area contributed by atoms with Gasteiger partial charge in [-0.2, -0.15) is 0 Å². The molecule has 0 bridgehead atoms. The Balaban J connectivity index is 0.666. The summed E-state index contributed by atoms with van der Waals surface area (Å²) in [6.45, 7) is 58.3. The third-order valence-electron chi connectivity index (χ3n) is 32.7. The van der Waals surface area contributed by atoms with Crippen LogP contribution in [-0.2, 0) is 37.9 Å². The van der Waals surface area contributed by atoms with Crippen molar-refractivity contribution in [1.82, 2.24) is 0 Å². The van der Waals surface area contributed by atoms with Crippen LogP contribution in [0.25, 0.3) is 122 Å². The van der Waals surface area contributed by atoms with Gasteiger partial charge in [0.15, 0.2) is 0 Å². The molecular weight excluding hydrogens is 1530 g/mol. The first-order valence-electron chi connectivity index (χ1n) is 50.2. The molecule has 0 fully saturated rings. The van der Waals surface area contributed by atoms with E-state index in [1.165, 1.54) is 255 Å². The minimum atomic E-state index is -0.200. The van der Waals surface area contributed by atoms with Crippen LogP contribution in [0.3, 0.4) is 0 Å². The number of hydrogen-bond donors (Lipinski definition) is 0. The fourth-order valence-electron chi connectivity index (χ4n) is 24.8. The van der Waals surface area contributed by atoms with E-state index in [9.17, 15) is 0 Å². The molecule has 0 aliphatic heterocycles. The van der Waals surface area contributed by atoms with E-state index in [-0.39, 0.29) is 37.9 Å². The van der Waals surface area contributed by atoms with Crippen molar-refractivity contribution < 1.29 is 0 Å². The van der Waals surface area contributed by atoms with Crippen LogP contribution in [0.5, 0.6) is 0 Å². The van der Waals surface area contributed by atoms with Crippen molar-refractivity contribution in [2.45, 2.75) is 307 Å². The number of benzene rings is 12. The minimum Gasteiger partial charge on any atom is -0.0628 e. The maximum atomic E-state index is 2.71. The molecule has 656 valence electrons. The zero-order valence-corrected chi connectivity index (χ0v) is 82.2. The second kappa shape index (κ2) is 33.2. The molecule has 0 heterocycles. The number of aryl methyl sites for hydroxylation is 1. The summed E-state index contributed by atoms with van der Waals surface area (Å²) in [7, 11) is 0. The Morgan fingerprint density at radius 1 is 0.189 bits per heavy atom. The molecule has 18 rings (SSSR count). The van der Waals surface area contributed by atoms with Gasteiger partial charge in [-0.05, 0) is 418 Å². The highest BCUT2D eigenvalue weighted by molar-refractivity contribution is 5.94. The summed E-state index contributed by atoms with van der Waals surface area (Å²) in [6.07, 6.45) is 18.8. The van der Waals surface area contributed by atoms with Crippen molar-refractivity contribution in [3.05, 3.63) is 296 Å². The highest BCUT2D eigenvalue weighted by Gasteiger charge is 2.50. The normalized spacial score (nSPS) is 16.1. The first-order valence-corrected chi connectivity index (χ1v) is 50.2. The van der Waals surface area contributed by atoms with E-state index in [0.717, 1.165) is 25.7 Å². The van der Waals surface area contributed by atoms with Gasteiger partial charge < -0.3 is 0 Å². The van der Waals surface area contributed by atoms with Crippen LogP contribution in [0.2, 0.25) is 0 Å². The lowest BCUT2D eigenvalue weighted by Crippen LogP contribution is -2.27. The lowest BCUT2D eigenvalue weighted by Gasteiger charge is -2.35. The Morgan fingerprint density at radius 2 is 0.339 bits per heavy atom. The van der Waals surface area contributed by atoms with E-state index in [2.05, 4.69) is 385 Å². The first kappa shape index (κ1) is 88.3. The van der Waals surface area contributed by atoms with Crippen molar-refractivity contribution in [2.75, 3.05) is 0 Å². The molecule has 0 aromatic heterocycles. The third kappa shape index (κ3) is 15.3. The van der Waals surface area contributed by atoms with Crippen molar-refractivity contribution in [1.29, 1.82) is 0 Å². The average Bonchev–Trinajstić information content (AvgIpc) is 1.57. The number of rotatable bonds is 29. The molecule has 6 aliphatic carbocycles. The maximum Gasteiger partial charge on any atom is 0.0215 e. The zero-order chi connectivity index (χ0) is 89.7. The van der Waals surface area contributed by atoms with Gasteiger partial charge >= 0.3 is 0 Å². The topological polar surface area (TPSA) is 0 Å². The van der Waals surface area contributed by atoms with Crippen LogP contribution in [0.1, 0.15) is 340 Å². The third-order valence-corrected chi connectivity index (χ3v) is 32.7. The molecule has 127 heavy (non-hydrogen) atoms. The first-order chi connectivity index (χ1) is 60.4. The van der Waals surface area contributed by atoms with Gasteiger partial charge in [0, 0.05) is 32.5 Å².